The van der Waals surface area contributed by atoms with Gasteiger partial charge in [-0.3, -0.25) is 15.1 Å². The average Bonchev–Trinajstić information content (AvgIpc) is 2.47. The number of nitrogens with two attached hydrogens (primary N) is 1. The number of hydrazine groups is 1. The fraction of sp³-hybridized carbons (Fsp3) is 0.143. The monoisotopic (exact) mass is 197 g/mol. The van der Waals surface area contributed by atoms with E-state index in [0.29, 0.717) is 5.88 Å². The normalized spacial score (nSPS) is 14.4. The summed E-state index contributed by atoms with van der Waals surface area (Å²) in [5, 5.41) is 12.0. The van der Waals surface area contributed by atoms with Crippen molar-refractivity contribution in [3.63, 3.8) is 0 Å². The molecule has 1 heterocycles. The van der Waals surface area contributed by atoms with Gasteiger partial charge in [-0.1, -0.05) is 0 Å². The molecular formula is C7H7N3O2S. The maximum absolute atomic E-state index is 10.4. The van der Waals surface area contributed by atoms with Crippen molar-refractivity contribution in [3.8, 4) is 0 Å². The van der Waals surface area contributed by atoms with Gasteiger partial charge in [0.1, 0.15) is 0 Å². The maximum atomic E-state index is 10.4. The molecule has 0 aliphatic carbocycles. The van der Waals surface area contributed by atoms with E-state index in [2.05, 4.69) is 0 Å². The number of rotatable bonds is 1. The third-order valence-corrected chi connectivity index (χ3v) is 2.87. The fourth-order valence-corrected chi connectivity index (χ4v) is 2.13. The van der Waals surface area contributed by atoms with E-state index in [1.807, 2.05) is 0 Å². The fourth-order valence-electron chi connectivity index (χ4n) is 1.18. The van der Waals surface area contributed by atoms with Gasteiger partial charge in [-0.15, -0.1) is 11.8 Å². The summed E-state index contributed by atoms with van der Waals surface area (Å²) in [6.07, 6.45) is 0. The van der Waals surface area contributed by atoms with Crippen LogP contribution < -0.4 is 10.9 Å². The molecule has 68 valence electrons. The molecule has 0 fully saturated rings. The van der Waals surface area contributed by atoms with Gasteiger partial charge in [0.25, 0.3) is 5.69 Å². The second-order valence-electron chi connectivity index (χ2n) is 2.65. The standard InChI is InChI=1S/C7H7N3O2S/c8-9-4-13-7-3-5(10(11)12)1-2-6(7)9/h1-3H,4,8H2. The minimum absolute atomic E-state index is 0.113. The van der Waals surface area contributed by atoms with Crippen molar-refractivity contribution in [1.29, 1.82) is 0 Å². The largest absolute Gasteiger partial charge is 0.300 e. The van der Waals surface area contributed by atoms with Crippen molar-refractivity contribution in [1.82, 2.24) is 0 Å². The van der Waals surface area contributed by atoms with Gasteiger partial charge in [-0.05, 0) is 6.07 Å². The summed E-state index contributed by atoms with van der Waals surface area (Å²) >= 11 is 1.50. The van der Waals surface area contributed by atoms with Crippen molar-refractivity contribution in [2.24, 2.45) is 5.84 Å². The predicted molar refractivity (Wildman–Crippen MR) is 50.5 cm³/mol. The second-order valence-corrected chi connectivity index (χ2v) is 3.64. The van der Waals surface area contributed by atoms with Crippen LogP contribution in [0.15, 0.2) is 23.1 Å². The van der Waals surface area contributed by atoms with Crippen molar-refractivity contribution < 1.29 is 4.92 Å². The van der Waals surface area contributed by atoms with E-state index in [1.165, 1.54) is 17.8 Å². The number of anilines is 1. The van der Waals surface area contributed by atoms with Crippen LogP contribution in [0.25, 0.3) is 0 Å². The van der Waals surface area contributed by atoms with Crippen LogP contribution in [0.1, 0.15) is 0 Å². The van der Waals surface area contributed by atoms with E-state index in [9.17, 15) is 10.1 Å². The number of non-ortho nitro benzene ring substituents is 1. The first-order chi connectivity index (χ1) is 6.18. The van der Waals surface area contributed by atoms with Crippen LogP contribution >= 0.6 is 11.8 Å². The molecular weight excluding hydrogens is 190 g/mol. The number of hydrogen-bond donors (Lipinski definition) is 1. The zero-order valence-corrected chi connectivity index (χ0v) is 7.45. The van der Waals surface area contributed by atoms with Crippen LogP contribution in [-0.4, -0.2) is 10.8 Å². The van der Waals surface area contributed by atoms with Crippen LogP contribution in [0, 0.1) is 10.1 Å². The topological polar surface area (TPSA) is 72.4 Å². The molecule has 0 saturated heterocycles. The SMILES string of the molecule is NN1CSc2cc([N+](=O)[O-])ccc21. The van der Waals surface area contributed by atoms with Crippen LogP contribution in [0.5, 0.6) is 0 Å². The van der Waals surface area contributed by atoms with Gasteiger partial charge in [0.2, 0.25) is 0 Å². The van der Waals surface area contributed by atoms with Crippen molar-refractivity contribution in [2.45, 2.75) is 4.90 Å². The molecule has 0 amide bonds. The van der Waals surface area contributed by atoms with Gasteiger partial charge in [0.05, 0.1) is 16.5 Å². The Morgan fingerprint density at radius 3 is 3.08 bits per heavy atom. The highest BCUT2D eigenvalue weighted by Crippen LogP contribution is 2.38. The van der Waals surface area contributed by atoms with Crippen LogP contribution in [0.3, 0.4) is 0 Å². The van der Waals surface area contributed by atoms with E-state index >= 15 is 0 Å². The van der Waals surface area contributed by atoms with Gasteiger partial charge in [0, 0.05) is 17.0 Å². The van der Waals surface area contributed by atoms with E-state index in [1.54, 1.807) is 17.1 Å². The second kappa shape index (κ2) is 2.90. The Bertz CT molecular complexity index is 369. The van der Waals surface area contributed by atoms with Crippen molar-refractivity contribution in [3.05, 3.63) is 28.3 Å². The van der Waals surface area contributed by atoms with Crippen LogP contribution in [0.4, 0.5) is 11.4 Å². The van der Waals surface area contributed by atoms with Crippen LogP contribution in [0.2, 0.25) is 0 Å². The summed E-state index contributed by atoms with van der Waals surface area (Å²) in [5.74, 6) is 6.26. The molecule has 5 nitrogen and oxygen atoms in total. The number of thioether (sulfide) groups is 1. The minimum Gasteiger partial charge on any atom is -0.300 e. The Kier molecular flexibility index (Phi) is 1.86. The molecule has 0 aromatic heterocycles. The van der Waals surface area contributed by atoms with Gasteiger partial charge >= 0.3 is 0 Å². The number of fused-ring (bicyclic) bond motifs is 1. The molecule has 1 aromatic carbocycles. The van der Waals surface area contributed by atoms with Gasteiger partial charge < -0.3 is 0 Å². The molecule has 0 spiro atoms. The first-order valence-electron chi connectivity index (χ1n) is 3.62. The Balaban J connectivity index is 2.45. The smallest absolute Gasteiger partial charge is 0.270 e. The lowest BCUT2D eigenvalue weighted by atomic mass is 10.3. The predicted octanol–water partition coefficient (Wildman–Crippen LogP) is 1.34. The van der Waals surface area contributed by atoms with E-state index in [-0.39, 0.29) is 5.69 Å². The number of nitro groups is 1. The quantitative estimate of drug-likeness (QED) is 0.418. The molecule has 13 heavy (non-hydrogen) atoms. The lowest BCUT2D eigenvalue weighted by molar-refractivity contribution is -0.385. The van der Waals surface area contributed by atoms with E-state index in [4.69, 9.17) is 5.84 Å². The molecule has 1 aliphatic heterocycles. The van der Waals surface area contributed by atoms with Gasteiger partial charge in [-0.2, -0.15) is 0 Å². The molecule has 6 heteroatoms. The summed E-state index contributed by atoms with van der Waals surface area (Å²) in [5.41, 5.74) is 0.970. The van der Waals surface area contributed by atoms with E-state index < -0.39 is 4.92 Å². The first kappa shape index (κ1) is 8.33. The summed E-state index contributed by atoms with van der Waals surface area (Å²) in [7, 11) is 0. The van der Waals surface area contributed by atoms with Crippen LogP contribution in [-0.2, 0) is 0 Å². The molecule has 1 aromatic rings. The molecule has 0 saturated carbocycles. The van der Waals surface area contributed by atoms with E-state index in [0.717, 1.165) is 10.6 Å². The molecule has 1 aliphatic rings. The molecule has 0 bridgehead atoms. The third kappa shape index (κ3) is 1.34. The zero-order valence-electron chi connectivity index (χ0n) is 6.64. The maximum Gasteiger partial charge on any atom is 0.270 e. The Hall–Kier alpha value is -1.27. The number of nitrogens with zero attached hydrogens (tertiary/aromatic N) is 2. The highest BCUT2D eigenvalue weighted by Gasteiger charge is 2.19. The number of nitro benzene ring substituents is 1. The molecule has 2 rings (SSSR count). The lowest BCUT2D eigenvalue weighted by Crippen LogP contribution is -2.26. The highest BCUT2D eigenvalue weighted by molar-refractivity contribution is 7.99. The minimum atomic E-state index is -0.403. The molecule has 2 N–H and O–H groups in total. The molecule has 0 atom stereocenters. The number of benzene rings is 1. The Morgan fingerprint density at radius 1 is 1.62 bits per heavy atom. The highest BCUT2D eigenvalue weighted by atomic mass is 32.2. The zero-order chi connectivity index (χ0) is 9.42. The Labute approximate surface area is 78.6 Å². The lowest BCUT2D eigenvalue weighted by Gasteiger charge is -2.08. The van der Waals surface area contributed by atoms with Gasteiger partial charge in [-0.25, -0.2) is 5.84 Å². The summed E-state index contributed by atoms with van der Waals surface area (Å²) in [4.78, 5) is 10.9. The summed E-state index contributed by atoms with van der Waals surface area (Å²) in [6.45, 7) is 0. The summed E-state index contributed by atoms with van der Waals surface area (Å²) in [6, 6.07) is 4.69. The molecule has 0 radical (unpaired) electrons. The Morgan fingerprint density at radius 2 is 2.38 bits per heavy atom. The van der Waals surface area contributed by atoms with Crippen molar-refractivity contribution >= 4 is 23.1 Å². The average molecular weight is 197 g/mol. The third-order valence-electron chi connectivity index (χ3n) is 1.82. The van der Waals surface area contributed by atoms with Crippen molar-refractivity contribution in [2.75, 3.05) is 10.9 Å². The summed E-state index contributed by atoms with van der Waals surface area (Å²) < 4.78 is 0. The van der Waals surface area contributed by atoms with Gasteiger partial charge in [0.15, 0.2) is 0 Å². The first-order valence-corrected chi connectivity index (χ1v) is 4.60. The number of hydrogen-bond acceptors (Lipinski definition) is 5. The molecule has 0 unspecified atom stereocenters.